The highest BCUT2D eigenvalue weighted by atomic mass is 32.2. The third kappa shape index (κ3) is 4.71. The molecule has 174 valence electrons. The van der Waals surface area contributed by atoms with Crippen LogP contribution in [0.3, 0.4) is 0 Å². The van der Waals surface area contributed by atoms with Crippen molar-refractivity contribution in [3.05, 3.63) is 111 Å². The van der Waals surface area contributed by atoms with E-state index >= 15 is 0 Å². The van der Waals surface area contributed by atoms with Crippen LogP contribution in [-0.4, -0.2) is 23.5 Å². The van der Waals surface area contributed by atoms with E-state index in [1.54, 1.807) is 6.07 Å². The summed E-state index contributed by atoms with van der Waals surface area (Å²) < 4.78 is 28.5. The van der Waals surface area contributed by atoms with Gasteiger partial charge in [-0.3, -0.25) is 9.59 Å². The van der Waals surface area contributed by atoms with E-state index in [2.05, 4.69) is 4.98 Å². The molecule has 0 bridgehead atoms. The molecule has 7 heteroatoms. The predicted molar refractivity (Wildman–Crippen MR) is 133 cm³/mol. The lowest BCUT2D eigenvalue weighted by Crippen LogP contribution is -2.32. The van der Waals surface area contributed by atoms with Crippen LogP contribution in [0.4, 0.5) is 0 Å². The van der Waals surface area contributed by atoms with Crippen LogP contribution in [0.1, 0.15) is 39.5 Å². The highest BCUT2D eigenvalue weighted by molar-refractivity contribution is 7.89. The average molecular weight is 475 g/mol. The lowest BCUT2D eigenvalue weighted by Gasteiger charge is -2.22. The van der Waals surface area contributed by atoms with E-state index in [-0.39, 0.29) is 29.3 Å². The standard InChI is InChI=1S/C27H26N2O4S/c1-18-9-10-23-15-24(27(31)28-26(23)19(18)2)17-29(16-21-7-5-4-6-8-21)34(32,33)25-13-11-22(12-14-25)20(3)30/h4-15H,16-17H2,1-3H3,(H,28,31). The Labute approximate surface area is 198 Å². The monoisotopic (exact) mass is 474 g/mol. The summed E-state index contributed by atoms with van der Waals surface area (Å²) in [5.41, 5.74) is 4.09. The molecule has 1 aromatic heterocycles. The molecule has 0 fully saturated rings. The molecular formula is C27H26N2O4S. The molecule has 6 nitrogen and oxygen atoms in total. The van der Waals surface area contributed by atoms with Gasteiger partial charge in [0.2, 0.25) is 10.0 Å². The molecule has 0 atom stereocenters. The number of Topliss-reactive ketones (excluding diaryl/α,β-unsaturated/α-hetero) is 1. The Morgan fingerprint density at radius 1 is 0.912 bits per heavy atom. The average Bonchev–Trinajstić information content (AvgIpc) is 2.82. The van der Waals surface area contributed by atoms with Gasteiger partial charge >= 0.3 is 0 Å². The number of sulfonamides is 1. The second kappa shape index (κ2) is 9.37. The first-order valence-electron chi connectivity index (χ1n) is 10.9. The van der Waals surface area contributed by atoms with Gasteiger partial charge in [-0.25, -0.2) is 8.42 Å². The molecular weight excluding hydrogens is 448 g/mol. The fourth-order valence-electron chi connectivity index (χ4n) is 3.90. The van der Waals surface area contributed by atoms with E-state index < -0.39 is 10.0 Å². The van der Waals surface area contributed by atoms with Gasteiger partial charge < -0.3 is 4.98 Å². The van der Waals surface area contributed by atoms with Crippen LogP contribution < -0.4 is 5.56 Å². The van der Waals surface area contributed by atoms with Crippen LogP contribution in [0.25, 0.3) is 10.9 Å². The Balaban J connectivity index is 1.77. The van der Waals surface area contributed by atoms with Crippen molar-refractivity contribution in [2.75, 3.05) is 0 Å². The second-order valence-corrected chi connectivity index (χ2v) is 10.4. The molecule has 0 saturated heterocycles. The number of aryl methyl sites for hydroxylation is 2. The highest BCUT2D eigenvalue weighted by Crippen LogP contribution is 2.23. The van der Waals surface area contributed by atoms with Crippen molar-refractivity contribution in [3.63, 3.8) is 0 Å². The smallest absolute Gasteiger partial charge is 0.252 e. The first-order valence-corrected chi connectivity index (χ1v) is 12.4. The molecule has 3 aromatic carbocycles. The van der Waals surface area contributed by atoms with Crippen molar-refractivity contribution in [1.29, 1.82) is 0 Å². The minimum atomic E-state index is -3.96. The number of aromatic amines is 1. The Bertz CT molecular complexity index is 1520. The predicted octanol–water partition coefficient (Wildman–Crippen LogP) is 4.74. The van der Waals surface area contributed by atoms with Gasteiger partial charge in [-0.15, -0.1) is 0 Å². The number of carbonyl (C=O) groups is 1. The summed E-state index contributed by atoms with van der Waals surface area (Å²) in [6.45, 7) is 5.36. The number of hydrogen-bond donors (Lipinski definition) is 1. The zero-order valence-electron chi connectivity index (χ0n) is 19.3. The Morgan fingerprint density at radius 3 is 2.24 bits per heavy atom. The maximum atomic E-state index is 13.6. The molecule has 1 N–H and O–H groups in total. The highest BCUT2D eigenvalue weighted by Gasteiger charge is 2.26. The van der Waals surface area contributed by atoms with Crippen LogP contribution in [0.5, 0.6) is 0 Å². The van der Waals surface area contributed by atoms with Crippen LogP contribution in [0, 0.1) is 13.8 Å². The fraction of sp³-hybridized carbons (Fsp3) is 0.185. The lowest BCUT2D eigenvalue weighted by molar-refractivity contribution is 0.101. The molecule has 0 aliphatic rings. The van der Waals surface area contributed by atoms with E-state index in [0.717, 1.165) is 27.6 Å². The number of aromatic nitrogens is 1. The van der Waals surface area contributed by atoms with Crippen LogP contribution >= 0.6 is 0 Å². The molecule has 34 heavy (non-hydrogen) atoms. The SMILES string of the molecule is CC(=O)c1ccc(S(=O)(=O)N(Cc2ccccc2)Cc2cc3ccc(C)c(C)c3[nH]c2=O)cc1. The van der Waals surface area contributed by atoms with E-state index in [4.69, 9.17) is 0 Å². The van der Waals surface area contributed by atoms with E-state index in [9.17, 15) is 18.0 Å². The lowest BCUT2D eigenvalue weighted by atomic mass is 10.0. The zero-order valence-corrected chi connectivity index (χ0v) is 20.1. The molecule has 0 aliphatic carbocycles. The Morgan fingerprint density at radius 2 is 1.59 bits per heavy atom. The number of hydrogen-bond acceptors (Lipinski definition) is 4. The van der Waals surface area contributed by atoms with Crippen molar-refractivity contribution < 1.29 is 13.2 Å². The molecule has 0 aliphatic heterocycles. The molecule has 4 aromatic rings. The van der Waals surface area contributed by atoms with Crippen molar-refractivity contribution in [3.8, 4) is 0 Å². The number of rotatable bonds is 7. The second-order valence-electron chi connectivity index (χ2n) is 8.43. The number of nitrogens with zero attached hydrogens (tertiary/aromatic N) is 1. The van der Waals surface area contributed by atoms with E-state index in [1.165, 1.54) is 35.5 Å². The first-order chi connectivity index (χ1) is 16.2. The first kappa shape index (κ1) is 23.6. The maximum absolute atomic E-state index is 13.6. The van der Waals surface area contributed by atoms with Crippen molar-refractivity contribution in [2.24, 2.45) is 0 Å². The number of ketones is 1. The van der Waals surface area contributed by atoms with Crippen molar-refractivity contribution in [2.45, 2.75) is 38.8 Å². The number of fused-ring (bicyclic) bond motifs is 1. The number of benzene rings is 3. The summed E-state index contributed by atoms with van der Waals surface area (Å²) in [6.07, 6.45) is 0. The third-order valence-corrected chi connectivity index (χ3v) is 7.88. The van der Waals surface area contributed by atoms with Gasteiger partial charge in [0.05, 0.1) is 10.4 Å². The quantitative estimate of drug-likeness (QED) is 0.392. The Kier molecular flexibility index (Phi) is 6.50. The summed E-state index contributed by atoms with van der Waals surface area (Å²) in [7, 11) is -3.96. The number of pyridine rings is 1. The minimum Gasteiger partial charge on any atom is -0.321 e. The van der Waals surface area contributed by atoms with E-state index in [0.29, 0.717) is 11.1 Å². The van der Waals surface area contributed by atoms with Gasteiger partial charge in [0.15, 0.2) is 5.78 Å². The summed E-state index contributed by atoms with van der Waals surface area (Å²) >= 11 is 0. The van der Waals surface area contributed by atoms with Crippen LogP contribution in [0.15, 0.2) is 82.5 Å². The summed E-state index contributed by atoms with van der Waals surface area (Å²) in [5, 5.41) is 0.848. The topological polar surface area (TPSA) is 87.3 Å². The van der Waals surface area contributed by atoms with Gasteiger partial charge in [-0.2, -0.15) is 4.31 Å². The summed E-state index contributed by atoms with van der Waals surface area (Å²) in [6, 6.07) is 20.8. The van der Waals surface area contributed by atoms with Gasteiger partial charge in [0.25, 0.3) is 5.56 Å². The number of carbonyl (C=O) groups excluding carboxylic acids is 1. The van der Waals surface area contributed by atoms with Crippen LogP contribution in [-0.2, 0) is 23.1 Å². The normalized spacial score (nSPS) is 11.8. The largest absolute Gasteiger partial charge is 0.321 e. The van der Waals surface area contributed by atoms with Gasteiger partial charge in [-0.1, -0.05) is 54.6 Å². The zero-order chi connectivity index (χ0) is 24.5. The molecule has 0 spiro atoms. The molecule has 0 radical (unpaired) electrons. The Hall–Kier alpha value is -3.55. The molecule has 0 saturated carbocycles. The van der Waals surface area contributed by atoms with E-state index in [1.807, 2.05) is 56.3 Å². The molecule has 0 amide bonds. The number of H-pyrrole nitrogens is 1. The summed E-state index contributed by atoms with van der Waals surface area (Å²) in [4.78, 5) is 27.6. The minimum absolute atomic E-state index is 0.0668. The maximum Gasteiger partial charge on any atom is 0.252 e. The number of nitrogens with one attached hydrogen (secondary N) is 1. The molecule has 0 unspecified atom stereocenters. The van der Waals surface area contributed by atoms with Gasteiger partial charge in [-0.05, 0) is 61.0 Å². The molecule has 4 rings (SSSR count). The third-order valence-electron chi connectivity index (χ3n) is 6.08. The van der Waals surface area contributed by atoms with Gasteiger partial charge in [0.1, 0.15) is 0 Å². The summed E-state index contributed by atoms with van der Waals surface area (Å²) in [5.74, 6) is -0.140. The van der Waals surface area contributed by atoms with Crippen LogP contribution in [0.2, 0.25) is 0 Å². The van der Waals surface area contributed by atoms with Gasteiger partial charge in [0, 0.05) is 24.2 Å². The van der Waals surface area contributed by atoms with Crippen molar-refractivity contribution in [1.82, 2.24) is 9.29 Å². The molecule has 1 heterocycles. The fourth-order valence-corrected chi connectivity index (χ4v) is 5.31. The van der Waals surface area contributed by atoms with Crippen molar-refractivity contribution >= 4 is 26.7 Å².